The Bertz CT molecular complexity index is 989. The summed E-state index contributed by atoms with van der Waals surface area (Å²) in [6.45, 7) is 5.96. The van der Waals surface area contributed by atoms with Gasteiger partial charge in [-0.1, -0.05) is 13.0 Å². The van der Waals surface area contributed by atoms with Crippen LogP contribution >= 0.6 is 11.8 Å². The molecule has 3 rings (SSSR count). The van der Waals surface area contributed by atoms with E-state index in [-0.39, 0.29) is 16.1 Å². The van der Waals surface area contributed by atoms with E-state index in [1.807, 2.05) is 19.9 Å². The van der Waals surface area contributed by atoms with Crippen LogP contribution in [0.1, 0.15) is 19.4 Å². The predicted octanol–water partition coefficient (Wildman–Crippen LogP) is 3.65. The fourth-order valence-electron chi connectivity index (χ4n) is 2.99. The van der Waals surface area contributed by atoms with Crippen LogP contribution in [-0.4, -0.2) is 33.2 Å². The van der Waals surface area contributed by atoms with Gasteiger partial charge in [0, 0.05) is 23.6 Å². The third-order valence-corrected chi connectivity index (χ3v) is 6.79. The van der Waals surface area contributed by atoms with E-state index in [4.69, 9.17) is 4.74 Å². The zero-order chi connectivity index (χ0) is 19.8. The number of ether oxygens (including phenoxy) is 1. The zero-order valence-electron chi connectivity index (χ0n) is 15.6. The lowest BCUT2D eigenvalue weighted by Gasteiger charge is -2.32. The molecule has 0 aromatic heterocycles. The number of nitrogens with zero attached hydrogens (tertiary/aromatic N) is 1. The van der Waals surface area contributed by atoms with Crippen molar-refractivity contribution in [2.24, 2.45) is 0 Å². The van der Waals surface area contributed by atoms with E-state index in [0.29, 0.717) is 23.7 Å². The summed E-state index contributed by atoms with van der Waals surface area (Å²) >= 11 is 1.64. The third-order valence-electron chi connectivity index (χ3n) is 4.28. The Balaban J connectivity index is 2.00. The topological polar surface area (TPSA) is 75.7 Å². The maximum absolute atomic E-state index is 12.9. The highest BCUT2D eigenvalue weighted by Crippen LogP contribution is 2.40. The first-order valence-electron chi connectivity index (χ1n) is 8.47. The number of amides is 1. The van der Waals surface area contributed by atoms with E-state index in [2.05, 4.69) is 4.72 Å². The van der Waals surface area contributed by atoms with Gasteiger partial charge in [0.1, 0.15) is 5.75 Å². The molecule has 0 bridgehead atoms. The first-order chi connectivity index (χ1) is 12.7. The first-order valence-corrected chi connectivity index (χ1v) is 10.8. The summed E-state index contributed by atoms with van der Waals surface area (Å²) in [5.74, 6) is 0.336. The molecule has 1 amide bonds. The van der Waals surface area contributed by atoms with Gasteiger partial charge in [-0.2, -0.15) is 0 Å². The van der Waals surface area contributed by atoms with Gasteiger partial charge >= 0.3 is 0 Å². The summed E-state index contributed by atoms with van der Waals surface area (Å²) < 4.78 is 33.7. The Morgan fingerprint density at radius 3 is 2.67 bits per heavy atom. The number of aryl methyl sites for hydroxylation is 1. The summed E-state index contributed by atoms with van der Waals surface area (Å²) in [5.41, 5.74) is 1.92. The van der Waals surface area contributed by atoms with Gasteiger partial charge in [0.05, 0.1) is 23.4 Å². The van der Waals surface area contributed by atoms with E-state index < -0.39 is 10.0 Å². The molecule has 0 unspecified atom stereocenters. The molecular weight excluding hydrogens is 384 g/mol. The number of fused-ring (bicyclic) bond motifs is 1. The van der Waals surface area contributed by atoms with Crippen molar-refractivity contribution in [3.63, 3.8) is 0 Å². The Hall–Kier alpha value is -2.19. The molecule has 0 spiro atoms. The van der Waals surface area contributed by atoms with Crippen LogP contribution in [0, 0.1) is 6.92 Å². The predicted molar refractivity (Wildman–Crippen MR) is 108 cm³/mol. The van der Waals surface area contributed by atoms with Crippen molar-refractivity contribution < 1.29 is 17.9 Å². The molecule has 0 radical (unpaired) electrons. The lowest BCUT2D eigenvalue weighted by atomic mass is 10.2. The van der Waals surface area contributed by atoms with E-state index in [1.54, 1.807) is 47.0 Å². The molecule has 0 saturated carbocycles. The van der Waals surface area contributed by atoms with E-state index in [0.717, 1.165) is 10.5 Å². The Labute approximate surface area is 164 Å². The number of thioether (sulfide) groups is 1. The maximum atomic E-state index is 12.9. The van der Waals surface area contributed by atoms with Crippen LogP contribution < -0.4 is 14.4 Å². The lowest BCUT2D eigenvalue weighted by molar-refractivity contribution is -0.116. The van der Waals surface area contributed by atoms with Gasteiger partial charge in [-0.15, -0.1) is 11.8 Å². The Morgan fingerprint density at radius 2 is 2.00 bits per heavy atom. The summed E-state index contributed by atoms with van der Waals surface area (Å²) in [7, 11) is -2.35. The minimum absolute atomic E-state index is 0.103. The van der Waals surface area contributed by atoms with E-state index >= 15 is 0 Å². The van der Waals surface area contributed by atoms with Crippen molar-refractivity contribution in [3.05, 3.63) is 42.0 Å². The SMILES string of the molecule is COc1ccc(C)cc1NS(=O)(=O)c1ccc2c(c1)N(C(C)=O)C[C@@H](C)S2. The second-order valence-electron chi connectivity index (χ2n) is 6.50. The standard InChI is InChI=1S/C19H22N2O4S2/c1-12-5-7-18(25-4)16(9-12)20-27(23,24)15-6-8-19-17(10-15)21(14(3)22)11-13(2)26-19/h5-10,13,20H,11H2,1-4H3/t13-/m1/s1. The number of rotatable bonds is 4. The number of hydrogen-bond donors (Lipinski definition) is 1. The molecule has 2 aromatic rings. The van der Waals surface area contributed by atoms with Gasteiger partial charge in [0.2, 0.25) is 5.91 Å². The number of nitrogens with one attached hydrogen (secondary N) is 1. The number of carbonyl (C=O) groups excluding carboxylic acids is 1. The smallest absolute Gasteiger partial charge is 0.262 e. The highest BCUT2D eigenvalue weighted by Gasteiger charge is 2.27. The fourth-order valence-corrected chi connectivity index (χ4v) is 5.16. The molecule has 2 aromatic carbocycles. The maximum Gasteiger partial charge on any atom is 0.262 e. The van der Waals surface area contributed by atoms with Crippen LogP contribution in [0.25, 0.3) is 0 Å². The van der Waals surface area contributed by atoms with Crippen molar-refractivity contribution in [1.29, 1.82) is 0 Å². The number of carbonyl (C=O) groups is 1. The monoisotopic (exact) mass is 406 g/mol. The fraction of sp³-hybridized carbons (Fsp3) is 0.316. The quantitative estimate of drug-likeness (QED) is 0.839. The van der Waals surface area contributed by atoms with Crippen LogP contribution in [0.5, 0.6) is 5.75 Å². The summed E-state index contributed by atoms with van der Waals surface area (Å²) in [6, 6.07) is 10.2. The third kappa shape index (κ3) is 4.06. The molecule has 0 fully saturated rings. The van der Waals surface area contributed by atoms with Crippen LogP contribution in [0.4, 0.5) is 11.4 Å². The molecule has 6 nitrogen and oxygen atoms in total. The van der Waals surface area contributed by atoms with Gasteiger partial charge in [-0.3, -0.25) is 9.52 Å². The van der Waals surface area contributed by atoms with Crippen LogP contribution in [0.3, 0.4) is 0 Å². The molecule has 1 atom stereocenters. The number of benzene rings is 2. The van der Waals surface area contributed by atoms with Gasteiger partial charge in [-0.25, -0.2) is 8.42 Å². The number of anilines is 2. The molecule has 1 aliphatic rings. The van der Waals surface area contributed by atoms with Crippen LogP contribution in [0.2, 0.25) is 0 Å². The Morgan fingerprint density at radius 1 is 1.26 bits per heavy atom. The molecule has 27 heavy (non-hydrogen) atoms. The van der Waals surface area contributed by atoms with Crippen molar-refractivity contribution in [2.45, 2.75) is 35.8 Å². The second-order valence-corrected chi connectivity index (χ2v) is 9.66. The molecular formula is C19H22N2O4S2. The normalized spacial score (nSPS) is 16.6. The van der Waals surface area contributed by atoms with Crippen LogP contribution in [-0.2, 0) is 14.8 Å². The van der Waals surface area contributed by atoms with Gasteiger partial charge in [0.25, 0.3) is 10.0 Å². The minimum atomic E-state index is -3.84. The van der Waals surface area contributed by atoms with Gasteiger partial charge in [-0.05, 0) is 42.8 Å². The van der Waals surface area contributed by atoms with Crippen molar-refractivity contribution >= 4 is 39.1 Å². The van der Waals surface area contributed by atoms with E-state index in [1.165, 1.54) is 14.0 Å². The molecule has 0 saturated heterocycles. The average molecular weight is 407 g/mol. The average Bonchev–Trinajstić information content (AvgIpc) is 2.60. The highest BCUT2D eigenvalue weighted by atomic mass is 32.2. The molecule has 0 aliphatic carbocycles. The summed E-state index contributed by atoms with van der Waals surface area (Å²) in [4.78, 5) is 14.6. The lowest BCUT2D eigenvalue weighted by Crippen LogP contribution is -2.37. The van der Waals surface area contributed by atoms with Gasteiger partial charge in [0.15, 0.2) is 0 Å². The van der Waals surface area contributed by atoms with Gasteiger partial charge < -0.3 is 9.64 Å². The second kappa shape index (κ2) is 7.44. The molecule has 1 N–H and O–H groups in total. The number of hydrogen-bond acceptors (Lipinski definition) is 5. The molecule has 1 heterocycles. The minimum Gasteiger partial charge on any atom is -0.495 e. The van der Waals surface area contributed by atoms with Crippen molar-refractivity contribution in [2.75, 3.05) is 23.3 Å². The van der Waals surface area contributed by atoms with E-state index in [9.17, 15) is 13.2 Å². The first kappa shape index (κ1) is 19.6. The number of sulfonamides is 1. The largest absolute Gasteiger partial charge is 0.495 e. The molecule has 8 heteroatoms. The zero-order valence-corrected chi connectivity index (χ0v) is 17.3. The van der Waals surface area contributed by atoms with Crippen molar-refractivity contribution in [1.82, 2.24) is 0 Å². The van der Waals surface area contributed by atoms with Crippen LogP contribution in [0.15, 0.2) is 46.2 Å². The van der Waals surface area contributed by atoms with Crippen molar-refractivity contribution in [3.8, 4) is 5.75 Å². The summed E-state index contributed by atoms with van der Waals surface area (Å²) in [5, 5.41) is 0.249. The Kier molecular flexibility index (Phi) is 5.39. The highest BCUT2D eigenvalue weighted by molar-refractivity contribution is 8.00. The number of methoxy groups -OCH3 is 1. The molecule has 144 valence electrons. The molecule has 1 aliphatic heterocycles. The summed E-state index contributed by atoms with van der Waals surface area (Å²) in [6.07, 6.45) is 0.